The third-order valence-electron chi connectivity index (χ3n) is 4.77. The highest BCUT2D eigenvalue weighted by Crippen LogP contribution is 2.40. The Bertz CT molecular complexity index is 611. The molecule has 5 heteroatoms. The SMILES string of the molecule is Cc1ccccc1-n1nnnc1C1(N(C)C)CCCCC1. The first-order chi connectivity index (χ1) is 10.1. The highest BCUT2D eigenvalue weighted by molar-refractivity contribution is 5.40. The summed E-state index contributed by atoms with van der Waals surface area (Å²) in [5.74, 6) is 0.974. The van der Waals surface area contributed by atoms with Crippen molar-refractivity contribution in [2.24, 2.45) is 0 Å². The van der Waals surface area contributed by atoms with Crippen molar-refractivity contribution in [3.8, 4) is 5.69 Å². The first kappa shape index (κ1) is 14.2. The second-order valence-corrected chi connectivity index (χ2v) is 6.19. The van der Waals surface area contributed by atoms with Gasteiger partial charge in [-0.25, -0.2) is 0 Å². The molecule has 2 aromatic rings. The van der Waals surface area contributed by atoms with Crippen molar-refractivity contribution in [3.05, 3.63) is 35.7 Å². The number of benzene rings is 1. The van der Waals surface area contributed by atoms with Crippen LogP contribution in [0.1, 0.15) is 43.5 Å². The topological polar surface area (TPSA) is 46.8 Å². The van der Waals surface area contributed by atoms with Gasteiger partial charge in [-0.1, -0.05) is 37.5 Å². The molecule has 3 rings (SSSR count). The van der Waals surface area contributed by atoms with E-state index in [1.165, 1.54) is 24.8 Å². The Labute approximate surface area is 126 Å². The van der Waals surface area contributed by atoms with E-state index in [2.05, 4.69) is 53.6 Å². The number of hydrogen-bond donors (Lipinski definition) is 0. The average molecular weight is 285 g/mol. The summed E-state index contributed by atoms with van der Waals surface area (Å²) in [4.78, 5) is 2.30. The van der Waals surface area contributed by atoms with E-state index in [1.807, 2.05) is 16.8 Å². The lowest BCUT2D eigenvalue weighted by Gasteiger charge is -2.41. The maximum Gasteiger partial charge on any atom is 0.176 e. The zero-order chi connectivity index (χ0) is 14.9. The molecule has 0 aliphatic heterocycles. The van der Waals surface area contributed by atoms with E-state index in [0.29, 0.717) is 0 Å². The molecule has 1 aromatic heterocycles. The molecule has 21 heavy (non-hydrogen) atoms. The van der Waals surface area contributed by atoms with Crippen LogP contribution in [0.25, 0.3) is 5.69 Å². The van der Waals surface area contributed by atoms with Gasteiger partial charge in [0, 0.05) is 0 Å². The van der Waals surface area contributed by atoms with Gasteiger partial charge in [0.15, 0.2) is 5.82 Å². The molecule has 1 saturated carbocycles. The summed E-state index contributed by atoms with van der Waals surface area (Å²) >= 11 is 0. The molecule has 0 N–H and O–H groups in total. The molecule has 0 unspecified atom stereocenters. The van der Waals surface area contributed by atoms with E-state index >= 15 is 0 Å². The highest BCUT2D eigenvalue weighted by Gasteiger charge is 2.41. The summed E-state index contributed by atoms with van der Waals surface area (Å²) in [6, 6.07) is 8.27. The van der Waals surface area contributed by atoms with Crippen LogP contribution in [-0.2, 0) is 5.54 Å². The maximum atomic E-state index is 4.41. The monoisotopic (exact) mass is 285 g/mol. The number of para-hydroxylation sites is 1. The molecular weight excluding hydrogens is 262 g/mol. The van der Waals surface area contributed by atoms with Gasteiger partial charge >= 0.3 is 0 Å². The van der Waals surface area contributed by atoms with Crippen molar-refractivity contribution in [2.75, 3.05) is 14.1 Å². The van der Waals surface area contributed by atoms with Gasteiger partial charge in [0.2, 0.25) is 0 Å². The van der Waals surface area contributed by atoms with E-state index in [-0.39, 0.29) is 5.54 Å². The molecule has 1 aliphatic carbocycles. The quantitative estimate of drug-likeness (QED) is 0.870. The van der Waals surface area contributed by atoms with E-state index < -0.39 is 0 Å². The van der Waals surface area contributed by atoms with Crippen molar-refractivity contribution in [1.29, 1.82) is 0 Å². The van der Waals surface area contributed by atoms with Gasteiger partial charge < -0.3 is 0 Å². The highest BCUT2D eigenvalue weighted by atomic mass is 15.6. The zero-order valence-corrected chi connectivity index (χ0v) is 13.1. The summed E-state index contributed by atoms with van der Waals surface area (Å²) in [5, 5.41) is 12.7. The molecule has 1 aliphatic rings. The summed E-state index contributed by atoms with van der Waals surface area (Å²) < 4.78 is 1.93. The van der Waals surface area contributed by atoms with Gasteiger partial charge in [-0.15, -0.1) is 5.10 Å². The molecule has 0 amide bonds. The zero-order valence-electron chi connectivity index (χ0n) is 13.1. The minimum atomic E-state index is -0.0516. The maximum absolute atomic E-state index is 4.41. The summed E-state index contributed by atoms with van der Waals surface area (Å²) in [6.45, 7) is 2.10. The molecule has 112 valence electrons. The fourth-order valence-electron chi connectivity index (χ4n) is 3.45. The number of tetrazole rings is 1. The molecule has 1 fully saturated rings. The lowest BCUT2D eigenvalue weighted by molar-refractivity contribution is 0.0865. The van der Waals surface area contributed by atoms with E-state index in [4.69, 9.17) is 0 Å². The van der Waals surface area contributed by atoms with E-state index in [0.717, 1.165) is 24.4 Å². The minimum absolute atomic E-state index is 0.0516. The van der Waals surface area contributed by atoms with Crippen LogP contribution in [0.2, 0.25) is 0 Å². The molecule has 1 heterocycles. The second-order valence-electron chi connectivity index (χ2n) is 6.19. The van der Waals surface area contributed by atoms with Crippen LogP contribution >= 0.6 is 0 Å². The standard InChI is InChI=1S/C16H23N5/c1-13-9-5-6-10-14(13)21-15(17-18-19-21)16(20(2)3)11-7-4-8-12-16/h5-6,9-10H,4,7-8,11-12H2,1-3H3. The Hall–Kier alpha value is -1.75. The van der Waals surface area contributed by atoms with Crippen LogP contribution in [0.4, 0.5) is 0 Å². The lowest BCUT2D eigenvalue weighted by Crippen LogP contribution is -2.45. The molecule has 0 spiro atoms. The number of rotatable bonds is 3. The second kappa shape index (κ2) is 5.56. The van der Waals surface area contributed by atoms with Crippen molar-refractivity contribution >= 4 is 0 Å². The van der Waals surface area contributed by atoms with Crippen molar-refractivity contribution in [2.45, 2.75) is 44.6 Å². The lowest BCUT2D eigenvalue weighted by atomic mass is 9.80. The van der Waals surface area contributed by atoms with Crippen LogP contribution in [0.5, 0.6) is 0 Å². The Morgan fingerprint density at radius 1 is 1.10 bits per heavy atom. The molecule has 0 bridgehead atoms. The predicted octanol–water partition coefficient (Wildman–Crippen LogP) is 2.69. The Balaban J connectivity index is 2.11. The molecule has 0 radical (unpaired) electrons. The van der Waals surface area contributed by atoms with Crippen molar-refractivity contribution in [3.63, 3.8) is 0 Å². The largest absolute Gasteiger partial charge is 0.297 e. The van der Waals surface area contributed by atoms with Crippen molar-refractivity contribution < 1.29 is 0 Å². The summed E-state index contributed by atoms with van der Waals surface area (Å²) in [6.07, 6.45) is 6.01. The van der Waals surface area contributed by atoms with Crippen LogP contribution in [0.3, 0.4) is 0 Å². The molecule has 0 saturated heterocycles. The Morgan fingerprint density at radius 2 is 1.81 bits per heavy atom. The molecular formula is C16H23N5. The third-order valence-corrected chi connectivity index (χ3v) is 4.77. The number of aromatic nitrogens is 4. The van der Waals surface area contributed by atoms with Gasteiger partial charge in [0.25, 0.3) is 0 Å². The van der Waals surface area contributed by atoms with Gasteiger partial charge in [0.05, 0.1) is 11.2 Å². The fraction of sp³-hybridized carbons (Fsp3) is 0.562. The Kier molecular flexibility index (Phi) is 3.76. The minimum Gasteiger partial charge on any atom is -0.297 e. The third kappa shape index (κ3) is 2.35. The number of hydrogen-bond acceptors (Lipinski definition) is 4. The molecule has 0 atom stereocenters. The number of aryl methyl sites for hydroxylation is 1. The summed E-state index contributed by atoms with van der Waals surface area (Å²) in [5.41, 5.74) is 2.21. The first-order valence-corrected chi connectivity index (χ1v) is 7.67. The van der Waals surface area contributed by atoms with Crippen LogP contribution < -0.4 is 0 Å². The summed E-state index contributed by atoms with van der Waals surface area (Å²) in [7, 11) is 4.28. The van der Waals surface area contributed by atoms with Crippen molar-refractivity contribution in [1.82, 2.24) is 25.1 Å². The predicted molar refractivity (Wildman–Crippen MR) is 82.3 cm³/mol. The normalized spacial score (nSPS) is 18.1. The molecule has 5 nitrogen and oxygen atoms in total. The van der Waals surface area contributed by atoms with Crippen LogP contribution in [-0.4, -0.2) is 39.2 Å². The van der Waals surface area contributed by atoms with Gasteiger partial charge in [-0.3, -0.25) is 4.90 Å². The fourth-order valence-corrected chi connectivity index (χ4v) is 3.45. The first-order valence-electron chi connectivity index (χ1n) is 7.67. The molecule has 1 aromatic carbocycles. The smallest absolute Gasteiger partial charge is 0.176 e. The number of nitrogens with zero attached hydrogens (tertiary/aromatic N) is 5. The van der Waals surface area contributed by atoms with Gasteiger partial charge in [-0.05, 0) is 55.9 Å². The van der Waals surface area contributed by atoms with E-state index in [1.54, 1.807) is 0 Å². The van der Waals surface area contributed by atoms with Gasteiger partial charge in [-0.2, -0.15) is 4.68 Å². The van der Waals surface area contributed by atoms with Crippen LogP contribution in [0.15, 0.2) is 24.3 Å². The van der Waals surface area contributed by atoms with Crippen LogP contribution in [0, 0.1) is 6.92 Å². The van der Waals surface area contributed by atoms with Gasteiger partial charge in [0.1, 0.15) is 0 Å². The van der Waals surface area contributed by atoms with E-state index in [9.17, 15) is 0 Å². The average Bonchev–Trinajstić information content (AvgIpc) is 2.98. The Morgan fingerprint density at radius 3 is 2.48 bits per heavy atom.